The van der Waals surface area contributed by atoms with Gasteiger partial charge in [0.2, 0.25) is 0 Å². The Hall–Kier alpha value is -0.470. The van der Waals surface area contributed by atoms with Gasteiger partial charge in [-0.2, -0.15) is 11.8 Å². The first kappa shape index (κ1) is 14.0. The molecule has 1 aromatic rings. The van der Waals surface area contributed by atoms with Gasteiger partial charge in [-0.25, -0.2) is 0 Å². The molecule has 0 amide bonds. The molecule has 18 heavy (non-hydrogen) atoms. The van der Waals surface area contributed by atoms with Gasteiger partial charge in [-0.1, -0.05) is 50.1 Å². The standard InChI is InChI=1S/C16H25NS/c1-14-6-5-9-16(12-14)17-10-11-18-13-15-7-3-2-4-8-15/h2-4,7-8,14,16-17H,5-6,9-13H2,1H3. The second-order valence-electron chi connectivity index (χ2n) is 5.46. The van der Waals surface area contributed by atoms with E-state index in [1.165, 1.54) is 37.0 Å². The Morgan fingerprint density at radius 2 is 2.06 bits per heavy atom. The van der Waals surface area contributed by atoms with Crippen LogP contribution in [-0.2, 0) is 5.75 Å². The van der Waals surface area contributed by atoms with Crippen LogP contribution in [0.15, 0.2) is 30.3 Å². The maximum atomic E-state index is 3.72. The maximum Gasteiger partial charge on any atom is 0.0185 e. The molecule has 0 radical (unpaired) electrons. The topological polar surface area (TPSA) is 12.0 Å². The summed E-state index contributed by atoms with van der Waals surface area (Å²) < 4.78 is 0. The van der Waals surface area contributed by atoms with Gasteiger partial charge in [-0.15, -0.1) is 0 Å². The highest BCUT2D eigenvalue weighted by Gasteiger charge is 2.17. The lowest BCUT2D eigenvalue weighted by molar-refractivity contribution is 0.306. The van der Waals surface area contributed by atoms with Crippen LogP contribution in [0.4, 0.5) is 0 Å². The molecule has 1 fully saturated rings. The third-order valence-electron chi connectivity index (χ3n) is 3.73. The summed E-state index contributed by atoms with van der Waals surface area (Å²) in [5.74, 6) is 3.29. The zero-order chi connectivity index (χ0) is 12.6. The van der Waals surface area contributed by atoms with Gasteiger partial charge in [0.05, 0.1) is 0 Å². The normalized spacial score (nSPS) is 24.1. The summed E-state index contributed by atoms with van der Waals surface area (Å²) in [6, 6.07) is 11.5. The summed E-state index contributed by atoms with van der Waals surface area (Å²) in [5.41, 5.74) is 1.44. The van der Waals surface area contributed by atoms with Gasteiger partial charge >= 0.3 is 0 Å². The van der Waals surface area contributed by atoms with E-state index in [0.29, 0.717) is 0 Å². The molecule has 0 heterocycles. The molecule has 0 aromatic heterocycles. The third-order valence-corrected chi connectivity index (χ3v) is 4.76. The number of benzene rings is 1. The van der Waals surface area contributed by atoms with Crippen molar-refractivity contribution in [2.45, 2.75) is 44.4 Å². The van der Waals surface area contributed by atoms with Gasteiger partial charge in [-0.05, 0) is 24.3 Å². The number of nitrogens with one attached hydrogen (secondary N) is 1. The first-order chi connectivity index (χ1) is 8.84. The Labute approximate surface area is 116 Å². The summed E-state index contributed by atoms with van der Waals surface area (Å²) in [6.45, 7) is 3.55. The van der Waals surface area contributed by atoms with Crippen molar-refractivity contribution in [3.05, 3.63) is 35.9 Å². The lowest BCUT2D eigenvalue weighted by Gasteiger charge is -2.27. The molecule has 2 rings (SSSR count). The molecule has 0 spiro atoms. The Morgan fingerprint density at radius 1 is 1.22 bits per heavy atom. The SMILES string of the molecule is CC1CCCC(NCCSCc2ccccc2)C1. The molecule has 0 bridgehead atoms. The summed E-state index contributed by atoms with van der Waals surface area (Å²) >= 11 is 2.03. The van der Waals surface area contributed by atoms with Crippen LogP contribution >= 0.6 is 11.8 Å². The number of thioether (sulfide) groups is 1. The second-order valence-corrected chi connectivity index (χ2v) is 6.57. The smallest absolute Gasteiger partial charge is 0.0185 e. The molecule has 1 aliphatic carbocycles. The molecule has 1 N–H and O–H groups in total. The van der Waals surface area contributed by atoms with E-state index in [0.717, 1.165) is 24.3 Å². The molecule has 0 saturated heterocycles. The predicted octanol–water partition coefficient (Wildman–Crippen LogP) is 4.09. The second kappa shape index (κ2) is 7.85. The summed E-state index contributed by atoms with van der Waals surface area (Å²) in [7, 11) is 0. The molecule has 100 valence electrons. The fourth-order valence-corrected chi connectivity index (χ4v) is 3.55. The summed E-state index contributed by atoms with van der Waals surface area (Å²) in [5, 5.41) is 3.72. The van der Waals surface area contributed by atoms with E-state index < -0.39 is 0 Å². The van der Waals surface area contributed by atoms with Crippen molar-refractivity contribution in [3.63, 3.8) is 0 Å². The maximum absolute atomic E-state index is 3.72. The van der Waals surface area contributed by atoms with E-state index >= 15 is 0 Å². The van der Waals surface area contributed by atoms with E-state index in [4.69, 9.17) is 0 Å². The predicted molar refractivity (Wildman–Crippen MR) is 82.0 cm³/mol. The zero-order valence-electron chi connectivity index (χ0n) is 11.4. The fourth-order valence-electron chi connectivity index (χ4n) is 2.72. The van der Waals surface area contributed by atoms with Gasteiger partial charge in [0, 0.05) is 24.1 Å². The molecular weight excluding hydrogens is 238 g/mol. The van der Waals surface area contributed by atoms with Crippen LogP contribution in [0.25, 0.3) is 0 Å². The minimum absolute atomic E-state index is 0.783. The third kappa shape index (κ3) is 5.03. The van der Waals surface area contributed by atoms with E-state index in [1.54, 1.807) is 0 Å². The van der Waals surface area contributed by atoms with Crippen LogP contribution in [0.1, 0.15) is 38.2 Å². The first-order valence-corrected chi connectivity index (χ1v) is 8.35. The van der Waals surface area contributed by atoms with Crippen LogP contribution in [0.2, 0.25) is 0 Å². The Bertz CT molecular complexity index is 325. The molecule has 2 heteroatoms. The van der Waals surface area contributed by atoms with Crippen LogP contribution in [0, 0.1) is 5.92 Å². The lowest BCUT2D eigenvalue weighted by atomic mass is 9.87. The van der Waals surface area contributed by atoms with Gasteiger partial charge in [-0.3, -0.25) is 0 Å². The van der Waals surface area contributed by atoms with E-state index in [1.807, 2.05) is 11.8 Å². The highest BCUT2D eigenvalue weighted by atomic mass is 32.2. The summed E-state index contributed by atoms with van der Waals surface area (Å²) in [4.78, 5) is 0. The van der Waals surface area contributed by atoms with Crippen molar-refractivity contribution < 1.29 is 0 Å². The van der Waals surface area contributed by atoms with Gasteiger partial charge < -0.3 is 5.32 Å². The van der Waals surface area contributed by atoms with Crippen molar-refractivity contribution in [1.82, 2.24) is 5.32 Å². The highest BCUT2D eigenvalue weighted by molar-refractivity contribution is 7.98. The minimum atomic E-state index is 0.783. The lowest BCUT2D eigenvalue weighted by Crippen LogP contribution is -2.34. The number of rotatable bonds is 6. The van der Waals surface area contributed by atoms with Crippen LogP contribution in [0.3, 0.4) is 0 Å². The van der Waals surface area contributed by atoms with Gasteiger partial charge in [0.25, 0.3) is 0 Å². The molecular formula is C16H25NS. The zero-order valence-corrected chi connectivity index (χ0v) is 12.2. The van der Waals surface area contributed by atoms with Crippen molar-refractivity contribution >= 4 is 11.8 Å². The molecule has 0 aliphatic heterocycles. The highest BCUT2D eigenvalue weighted by Crippen LogP contribution is 2.23. The Balaban J connectivity index is 1.53. The number of hydrogen-bond acceptors (Lipinski definition) is 2. The quantitative estimate of drug-likeness (QED) is 0.776. The van der Waals surface area contributed by atoms with Crippen LogP contribution < -0.4 is 5.32 Å². The fraction of sp³-hybridized carbons (Fsp3) is 0.625. The van der Waals surface area contributed by atoms with Crippen molar-refractivity contribution in [1.29, 1.82) is 0 Å². The first-order valence-electron chi connectivity index (χ1n) is 7.19. The molecule has 1 nitrogen and oxygen atoms in total. The van der Waals surface area contributed by atoms with Crippen molar-refractivity contribution in [3.8, 4) is 0 Å². The average Bonchev–Trinajstić information content (AvgIpc) is 2.40. The number of hydrogen-bond donors (Lipinski definition) is 1. The molecule has 1 aromatic carbocycles. The van der Waals surface area contributed by atoms with Crippen molar-refractivity contribution in [2.24, 2.45) is 5.92 Å². The monoisotopic (exact) mass is 263 g/mol. The van der Waals surface area contributed by atoms with E-state index in [-0.39, 0.29) is 0 Å². The van der Waals surface area contributed by atoms with E-state index in [9.17, 15) is 0 Å². The summed E-state index contributed by atoms with van der Waals surface area (Å²) in [6.07, 6.45) is 5.61. The molecule has 1 aliphatic rings. The van der Waals surface area contributed by atoms with Gasteiger partial charge in [0.15, 0.2) is 0 Å². The van der Waals surface area contributed by atoms with Crippen LogP contribution in [-0.4, -0.2) is 18.3 Å². The molecule has 2 atom stereocenters. The largest absolute Gasteiger partial charge is 0.313 e. The minimum Gasteiger partial charge on any atom is -0.313 e. The average molecular weight is 263 g/mol. The van der Waals surface area contributed by atoms with E-state index in [2.05, 4.69) is 42.6 Å². The Kier molecular flexibility index (Phi) is 6.09. The van der Waals surface area contributed by atoms with Crippen LogP contribution in [0.5, 0.6) is 0 Å². The molecule has 1 saturated carbocycles. The molecule has 2 unspecified atom stereocenters. The van der Waals surface area contributed by atoms with Gasteiger partial charge in [0.1, 0.15) is 0 Å². The van der Waals surface area contributed by atoms with Crippen molar-refractivity contribution in [2.75, 3.05) is 12.3 Å². The Morgan fingerprint density at radius 3 is 2.83 bits per heavy atom.